The minimum atomic E-state index is -4.66. The molecule has 5 rings (SSSR count). The van der Waals surface area contributed by atoms with Crippen LogP contribution in [0.1, 0.15) is 27.9 Å². The van der Waals surface area contributed by atoms with Gasteiger partial charge in [-0.15, -0.1) is 0 Å². The topological polar surface area (TPSA) is 59.1 Å². The second-order valence-corrected chi connectivity index (χ2v) is 11.7. The van der Waals surface area contributed by atoms with E-state index in [0.717, 1.165) is 17.7 Å². The fraction of sp³-hybridized carbons (Fsp3) is 0.121. The molecule has 214 valence electrons. The maximum Gasteiger partial charge on any atom is 0.416 e. The lowest BCUT2D eigenvalue weighted by Gasteiger charge is -2.35. The van der Waals surface area contributed by atoms with Crippen molar-refractivity contribution in [2.24, 2.45) is 0 Å². The van der Waals surface area contributed by atoms with Crippen LogP contribution < -0.4 is 4.72 Å². The van der Waals surface area contributed by atoms with E-state index < -0.39 is 33.1 Å². The highest BCUT2D eigenvalue weighted by atomic mass is 32.2. The summed E-state index contributed by atoms with van der Waals surface area (Å²) in [5.41, 5.74) is 0.279. The van der Waals surface area contributed by atoms with Crippen LogP contribution in [0.3, 0.4) is 0 Å². The molecule has 4 nitrogen and oxygen atoms in total. The van der Waals surface area contributed by atoms with Crippen molar-refractivity contribution < 1.29 is 26.0 Å². The van der Waals surface area contributed by atoms with E-state index in [4.69, 9.17) is 0 Å². The van der Waals surface area contributed by atoms with Gasteiger partial charge in [0.2, 0.25) is 10.0 Å². The number of aryl methyl sites for hydroxylation is 1. The van der Waals surface area contributed by atoms with Crippen molar-refractivity contribution in [1.82, 2.24) is 9.71 Å². The summed E-state index contributed by atoms with van der Waals surface area (Å²) < 4.78 is 86.3. The summed E-state index contributed by atoms with van der Waals surface area (Å²) in [6.07, 6.45) is -3.13. The van der Waals surface area contributed by atoms with Crippen molar-refractivity contribution in [2.75, 3.05) is 0 Å². The van der Waals surface area contributed by atoms with E-state index in [2.05, 4.69) is 9.71 Å². The standard InChI is InChI=1S/C33H26F4N2O2S/c1-23-13-18-31(38-22-23)32(21-24-7-3-2-4-8-24,27-10-6-11-28(20-27)33(35,36)37)39-42(40,41)30-12-5-9-26(19-30)25-14-16-29(34)17-15-25/h2-20,22,39H,21H2,1H3. The number of sulfonamides is 1. The van der Waals surface area contributed by atoms with Crippen LogP contribution in [0.2, 0.25) is 0 Å². The van der Waals surface area contributed by atoms with E-state index in [-0.39, 0.29) is 22.6 Å². The molecule has 1 atom stereocenters. The molecule has 1 unspecified atom stereocenters. The third kappa shape index (κ3) is 6.27. The summed E-state index contributed by atoms with van der Waals surface area (Å²) in [5, 5.41) is 0. The summed E-state index contributed by atoms with van der Waals surface area (Å²) in [5.74, 6) is -0.429. The van der Waals surface area contributed by atoms with Crippen LogP contribution in [0.25, 0.3) is 11.1 Å². The number of hydrogen-bond acceptors (Lipinski definition) is 3. The van der Waals surface area contributed by atoms with Gasteiger partial charge in [-0.05, 0) is 77.2 Å². The van der Waals surface area contributed by atoms with E-state index >= 15 is 0 Å². The zero-order valence-electron chi connectivity index (χ0n) is 22.4. The number of rotatable bonds is 8. The van der Waals surface area contributed by atoms with Crippen LogP contribution in [-0.2, 0) is 28.2 Å². The van der Waals surface area contributed by atoms with Crippen molar-refractivity contribution in [3.63, 3.8) is 0 Å². The van der Waals surface area contributed by atoms with Crippen LogP contribution in [0, 0.1) is 12.7 Å². The normalized spacial score (nSPS) is 13.5. The van der Waals surface area contributed by atoms with Gasteiger partial charge in [-0.3, -0.25) is 4.98 Å². The first-order valence-electron chi connectivity index (χ1n) is 13.0. The number of benzene rings is 4. The Kier molecular flexibility index (Phi) is 7.99. The molecule has 1 aromatic heterocycles. The van der Waals surface area contributed by atoms with E-state index in [9.17, 15) is 26.0 Å². The van der Waals surface area contributed by atoms with Gasteiger partial charge in [0.05, 0.1) is 16.2 Å². The predicted molar refractivity (Wildman–Crippen MR) is 154 cm³/mol. The molecule has 0 aliphatic rings. The molecule has 0 saturated heterocycles. The number of alkyl halides is 3. The van der Waals surface area contributed by atoms with Crippen LogP contribution in [0.5, 0.6) is 0 Å². The molecule has 42 heavy (non-hydrogen) atoms. The molecule has 5 aromatic rings. The highest BCUT2D eigenvalue weighted by molar-refractivity contribution is 7.89. The van der Waals surface area contributed by atoms with Crippen molar-refractivity contribution in [3.05, 3.63) is 155 Å². The largest absolute Gasteiger partial charge is 0.416 e. The molecule has 0 saturated carbocycles. The van der Waals surface area contributed by atoms with Gasteiger partial charge in [-0.2, -0.15) is 17.9 Å². The average Bonchev–Trinajstić information content (AvgIpc) is 2.98. The minimum Gasteiger partial charge on any atom is -0.259 e. The van der Waals surface area contributed by atoms with Gasteiger partial charge in [-0.25, -0.2) is 12.8 Å². The monoisotopic (exact) mass is 590 g/mol. The second-order valence-electron chi connectivity index (χ2n) is 10.0. The van der Waals surface area contributed by atoms with Crippen molar-refractivity contribution in [1.29, 1.82) is 0 Å². The van der Waals surface area contributed by atoms with Crippen LogP contribution >= 0.6 is 0 Å². The van der Waals surface area contributed by atoms with Gasteiger partial charge in [0.1, 0.15) is 11.4 Å². The van der Waals surface area contributed by atoms with Gasteiger partial charge in [0.25, 0.3) is 0 Å². The summed E-state index contributed by atoms with van der Waals surface area (Å²) in [6, 6.07) is 28.6. The Labute approximate surface area is 241 Å². The average molecular weight is 591 g/mol. The highest BCUT2D eigenvalue weighted by Crippen LogP contribution is 2.38. The zero-order valence-corrected chi connectivity index (χ0v) is 23.3. The van der Waals surface area contributed by atoms with Gasteiger partial charge in [0.15, 0.2) is 0 Å². The Bertz CT molecular complexity index is 1790. The van der Waals surface area contributed by atoms with Crippen LogP contribution in [-0.4, -0.2) is 13.4 Å². The van der Waals surface area contributed by atoms with Gasteiger partial charge in [0, 0.05) is 12.6 Å². The quantitative estimate of drug-likeness (QED) is 0.189. The number of pyridine rings is 1. The lowest BCUT2D eigenvalue weighted by atomic mass is 9.81. The molecule has 4 aromatic carbocycles. The first kappa shape index (κ1) is 29.2. The Morgan fingerprint density at radius 3 is 2.10 bits per heavy atom. The molecule has 0 aliphatic heterocycles. The minimum absolute atomic E-state index is 0.0257. The first-order chi connectivity index (χ1) is 20.0. The molecule has 1 heterocycles. The SMILES string of the molecule is Cc1ccc(C(Cc2ccccc2)(NS(=O)(=O)c2cccc(-c3ccc(F)cc3)c2)c2cccc(C(F)(F)F)c2)nc1. The molecule has 9 heteroatoms. The van der Waals surface area contributed by atoms with E-state index in [0.29, 0.717) is 16.7 Å². The third-order valence-corrected chi connectivity index (χ3v) is 8.47. The maximum atomic E-state index is 14.1. The first-order valence-corrected chi connectivity index (χ1v) is 14.5. The van der Waals surface area contributed by atoms with Crippen LogP contribution in [0.4, 0.5) is 17.6 Å². The Hall–Kier alpha value is -4.34. The molecule has 0 amide bonds. The van der Waals surface area contributed by atoms with Crippen LogP contribution in [0.15, 0.2) is 126 Å². The van der Waals surface area contributed by atoms with Gasteiger partial charge >= 0.3 is 6.18 Å². The highest BCUT2D eigenvalue weighted by Gasteiger charge is 2.42. The molecular weight excluding hydrogens is 564 g/mol. The van der Waals surface area contributed by atoms with Crippen molar-refractivity contribution in [3.8, 4) is 11.1 Å². The van der Waals surface area contributed by atoms with Gasteiger partial charge in [-0.1, -0.05) is 72.8 Å². The van der Waals surface area contributed by atoms with Gasteiger partial charge < -0.3 is 0 Å². The number of halogens is 4. The molecule has 0 fully saturated rings. The fourth-order valence-electron chi connectivity index (χ4n) is 4.84. The predicted octanol–water partition coefficient (Wildman–Crippen LogP) is 7.68. The molecule has 0 bridgehead atoms. The van der Waals surface area contributed by atoms with E-state index in [1.807, 2.05) is 6.92 Å². The molecule has 0 radical (unpaired) electrons. The number of nitrogens with zero attached hydrogens (tertiary/aromatic N) is 1. The molecular formula is C33H26F4N2O2S. The van der Waals surface area contributed by atoms with E-state index in [1.165, 1.54) is 48.5 Å². The lowest BCUT2D eigenvalue weighted by molar-refractivity contribution is -0.137. The summed E-state index contributed by atoms with van der Waals surface area (Å²) in [7, 11) is -4.38. The molecule has 1 N–H and O–H groups in total. The molecule has 0 aliphatic carbocycles. The summed E-state index contributed by atoms with van der Waals surface area (Å²) in [4.78, 5) is 4.41. The summed E-state index contributed by atoms with van der Waals surface area (Å²) in [6.45, 7) is 1.81. The number of aromatic nitrogens is 1. The summed E-state index contributed by atoms with van der Waals surface area (Å²) >= 11 is 0. The smallest absolute Gasteiger partial charge is 0.259 e. The molecule has 0 spiro atoms. The van der Waals surface area contributed by atoms with Crippen molar-refractivity contribution >= 4 is 10.0 Å². The third-order valence-electron chi connectivity index (χ3n) is 6.97. The van der Waals surface area contributed by atoms with Crippen molar-refractivity contribution in [2.45, 2.75) is 30.0 Å². The zero-order chi connectivity index (χ0) is 30.0. The fourth-order valence-corrected chi connectivity index (χ4v) is 6.26. The Balaban J connectivity index is 1.71. The number of hydrogen-bond donors (Lipinski definition) is 1. The Morgan fingerprint density at radius 2 is 1.43 bits per heavy atom. The lowest BCUT2D eigenvalue weighted by Crippen LogP contribution is -2.49. The second kappa shape index (κ2) is 11.5. The maximum absolute atomic E-state index is 14.1. The van der Waals surface area contributed by atoms with E-state index in [1.54, 1.807) is 60.8 Å². The Morgan fingerprint density at radius 1 is 0.738 bits per heavy atom. The number of nitrogens with one attached hydrogen (secondary N) is 1.